The van der Waals surface area contributed by atoms with E-state index in [-0.39, 0.29) is 52.8 Å². The first-order valence-corrected chi connectivity index (χ1v) is 2.19. The minimum absolute atomic E-state index is 0. The zero-order valence-corrected chi connectivity index (χ0v) is 8.27. The fourth-order valence-electron chi connectivity index (χ4n) is 0.232. The molecule has 0 spiro atoms. The van der Waals surface area contributed by atoms with Crippen LogP contribution in [0.5, 0.6) is 0 Å². The van der Waals surface area contributed by atoms with Crippen molar-refractivity contribution in [2.75, 3.05) is 0 Å². The maximum absolute atomic E-state index is 3.51. The van der Waals surface area contributed by atoms with Crippen LogP contribution < -0.4 is 51.4 Å². The third kappa shape index (κ3) is 11.0. The quantitative estimate of drug-likeness (QED) is 0.334. The van der Waals surface area contributed by atoms with Gasteiger partial charge in [-0.05, 0) is 6.42 Å². The van der Waals surface area contributed by atoms with E-state index in [0.29, 0.717) is 0 Å². The number of hydrogen-bond acceptors (Lipinski definition) is 0. The summed E-state index contributed by atoms with van der Waals surface area (Å²) in [6, 6.07) is 0. The van der Waals surface area contributed by atoms with Crippen LogP contribution >= 0.6 is 0 Å². The van der Waals surface area contributed by atoms with Crippen LogP contribution in [0, 0.1) is 0 Å². The molecule has 0 fully saturated rings. The second-order valence-corrected chi connectivity index (χ2v) is 1.07. The van der Waals surface area contributed by atoms with Gasteiger partial charge in [-0.3, -0.25) is 0 Å². The Kier molecular flexibility index (Phi) is 16.0. The fourth-order valence-corrected chi connectivity index (χ4v) is 0.232. The van der Waals surface area contributed by atoms with Crippen LogP contribution in [0.1, 0.15) is 14.8 Å². The van der Waals surface area contributed by atoms with Crippen LogP contribution in [0.4, 0.5) is 0 Å². The van der Waals surface area contributed by atoms with Gasteiger partial charge in [0.15, 0.2) is 0 Å². The van der Waals surface area contributed by atoms with Crippen LogP contribution in [-0.4, -0.2) is 0 Å². The van der Waals surface area contributed by atoms with Crippen LogP contribution in [0.25, 0.3) is 0 Å². The zero-order valence-electron chi connectivity index (χ0n) is 6.15. The first-order chi connectivity index (χ1) is 2.91. The summed E-state index contributed by atoms with van der Waals surface area (Å²) in [5, 5.41) is 0. The fraction of sp³-hybridized carbons (Fsp3) is 0.333. The third-order valence-corrected chi connectivity index (χ3v) is 0.508. The van der Waals surface area contributed by atoms with Crippen molar-refractivity contribution in [1.29, 1.82) is 0 Å². The smallest absolute Gasteiger partial charge is 1.00 e. The van der Waals surface area contributed by atoms with Crippen molar-refractivity contribution >= 4 is 0 Å². The largest absolute Gasteiger partial charge is 1.00 e. The van der Waals surface area contributed by atoms with Gasteiger partial charge in [0.25, 0.3) is 0 Å². The molecular weight excluding hydrogens is 111 g/mol. The predicted octanol–water partition coefficient (Wildman–Crippen LogP) is -0.745. The summed E-state index contributed by atoms with van der Waals surface area (Å²) >= 11 is 0. The van der Waals surface area contributed by atoms with Gasteiger partial charge in [0.05, 0.1) is 0 Å². The molecule has 0 saturated heterocycles. The van der Waals surface area contributed by atoms with E-state index in [0.717, 1.165) is 6.42 Å². The monoisotopic (exact) mass is 122 g/mol. The molecule has 0 aromatic carbocycles. The van der Waals surface area contributed by atoms with E-state index in [1.165, 1.54) is 0 Å². The Bertz CT molecular complexity index is 59.5. The van der Waals surface area contributed by atoms with E-state index in [1.54, 1.807) is 6.08 Å². The zero-order chi connectivity index (χ0) is 4.83. The number of hydrogen-bond donors (Lipinski definition) is 0. The molecule has 0 unspecified atom stereocenters. The average molecular weight is 122 g/mol. The number of allylic oxidation sites excluding steroid dienone is 3. The van der Waals surface area contributed by atoms with Crippen LogP contribution in [0.2, 0.25) is 0 Å². The van der Waals surface area contributed by atoms with E-state index in [2.05, 4.69) is 19.6 Å². The molecule has 36 valence electrons. The van der Waals surface area contributed by atoms with E-state index in [9.17, 15) is 0 Å². The van der Waals surface area contributed by atoms with Crippen molar-refractivity contribution in [3.63, 3.8) is 0 Å². The minimum Gasteiger partial charge on any atom is -1.00 e. The topological polar surface area (TPSA) is 0 Å². The van der Waals surface area contributed by atoms with E-state index < -0.39 is 0 Å². The molecule has 0 aliphatic carbocycles. The van der Waals surface area contributed by atoms with Crippen LogP contribution in [0.3, 0.4) is 0 Å². The molecule has 0 saturated carbocycles. The molecule has 0 nitrogen and oxygen atoms in total. The van der Waals surface area contributed by atoms with Gasteiger partial charge in [-0.1, -0.05) is 31.7 Å². The summed E-state index contributed by atoms with van der Waals surface area (Å²) in [6.07, 6.45) is 6.89. The normalized spacial score (nSPS) is 8.14. The average Bonchev–Trinajstić information content (AvgIpc) is 1.61. The third-order valence-electron chi connectivity index (χ3n) is 0.508. The summed E-state index contributed by atoms with van der Waals surface area (Å²) in [6.45, 7) is 5.61. The Morgan fingerprint density at radius 2 is 2.29 bits per heavy atom. The van der Waals surface area contributed by atoms with E-state index >= 15 is 0 Å². The van der Waals surface area contributed by atoms with Gasteiger partial charge in [0.1, 0.15) is 0 Å². The minimum atomic E-state index is 0. The second-order valence-electron chi connectivity index (χ2n) is 1.07. The van der Waals surface area contributed by atoms with Gasteiger partial charge in [-0.2, -0.15) is 0 Å². The Hall–Kier alpha value is 1.12. The Morgan fingerprint density at radius 1 is 1.71 bits per heavy atom. The standard InChI is InChI=1S/C6H10.K.H/c1-3-5-6-4-2;;/h3,5-6H,1,4H2,2H3;;/q;+1;-1/b6-5+;;. The van der Waals surface area contributed by atoms with Gasteiger partial charge in [0, 0.05) is 0 Å². The molecule has 0 N–H and O–H groups in total. The number of rotatable bonds is 2. The Balaban J connectivity index is -0.000000125. The molecule has 0 aliphatic rings. The molecule has 1 heteroatoms. The van der Waals surface area contributed by atoms with Crippen molar-refractivity contribution in [3.8, 4) is 0 Å². The molecule has 0 amide bonds. The molecule has 0 heterocycles. The van der Waals surface area contributed by atoms with Gasteiger partial charge in [0.2, 0.25) is 0 Å². The summed E-state index contributed by atoms with van der Waals surface area (Å²) in [4.78, 5) is 0. The molecule has 0 radical (unpaired) electrons. The first-order valence-electron chi connectivity index (χ1n) is 2.19. The van der Waals surface area contributed by atoms with Gasteiger partial charge in [-0.25, -0.2) is 0 Å². The van der Waals surface area contributed by atoms with Crippen molar-refractivity contribution < 1.29 is 52.8 Å². The maximum Gasteiger partial charge on any atom is 1.00 e. The van der Waals surface area contributed by atoms with Crippen molar-refractivity contribution in [2.24, 2.45) is 0 Å². The van der Waals surface area contributed by atoms with Crippen LogP contribution in [0.15, 0.2) is 24.8 Å². The summed E-state index contributed by atoms with van der Waals surface area (Å²) in [5.74, 6) is 0. The summed E-state index contributed by atoms with van der Waals surface area (Å²) < 4.78 is 0. The molecule has 0 rings (SSSR count). The van der Waals surface area contributed by atoms with Crippen molar-refractivity contribution in [1.82, 2.24) is 0 Å². The molecule has 0 aliphatic heterocycles. The maximum atomic E-state index is 3.51. The second kappa shape index (κ2) is 10.2. The molecule has 0 aromatic rings. The van der Waals surface area contributed by atoms with E-state index in [1.807, 2.05) is 6.08 Å². The Labute approximate surface area is 89.6 Å². The van der Waals surface area contributed by atoms with E-state index in [4.69, 9.17) is 0 Å². The molecule has 7 heavy (non-hydrogen) atoms. The van der Waals surface area contributed by atoms with Gasteiger partial charge < -0.3 is 1.43 Å². The Morgan fingerprint density at radius 3 is 2.43 bits per heavy atom. The van der Waals surface area contributed by atoms with Crippen molar-refractivity contribution in [3.05, 3.63) is 24.8 Å². The van der Waals surface area contributed by atoms with Gasteiger partial charge >= 0.3 is 51.4 Å². The summed E-state index contributed by atoms with van der Waals surface area (Å²) in [7, 11) is 0. The summed E-state index contributed by atoms with van der Waals surface area (Å²) in [5.41, 5.74) is 0. The molecular formula is C6H11K. The molecule has 0 atom stereocenters. The SMILES string of the molecule is C=C/C=C/CC.[H-].[K+]. The first kappa shape index (κ1) is 11.0. The predicted molar refractivity (Wildman–Crippen MR) is 30.7 cm³/mol. The van der Waals surface area contributed by atoms with Gasteiger partial charge in [-0.15, -0.1) is 0 Å². The van der Waals surface area contributed by atoms with Crippen LogP contribution in [-0.2, 0) is 0 Å². The molecule has 0 aromatic heterocycles. The van der Waals surface area contributed by atoms with Crippen molar-refractivity contribution in [2.45, 2.75) is 13.3 Å². The molecule has 0 bridgehead atoms.